The van der Waals surface area contributed by atoms with Crippen LogP contribution in [0.15, 0.2) is 30.3 Å². The second-order valence-electron chi connectivity index (χ2n) is 6.46. The third kappa shape index (κ3) is 4.51. The van der Waals surface area contributed by atoms with Gasteiger partial charge in [-0.2, -0.15) is 0 Å². The van der Waals surface area contributed by atoms with Crippen LogP contribution < -0.4 is 10.1 Å². The lowest BCUT2D eigenvalue weighted by molar-refractivity contribution is -0.137. The highest BCUT2D eigenvalue weighted by Gasteiger charge is 2.15. The molecular formula is C20H21Cl2N3O3. The zero-order valence-corrected chi connectivity index (χ0v) is 17.1. The lowest BCUT2D eigenvalue weighted by atomic mass is 10.2. The molecule has 8 heteroatoms. The van der Waals surface area contributed by atoms with E-state index in [9.17, 15) is 4.79 Å². The molecular weight excluding hydrogens is 401 g/mol. The molecule has 148 valence electrons. The summed E-state index contributed by atoms with van der Waals surface area (Å²) in [6, 6.07) is 9.26. The van der Waals surface area contributed by atoms with E-state index in [1.165, 1.54) is 0 Å². The van der Waals surface area contributed by atoms with Crippen LogP contribution >= 0.6 is 23.2 Å². The Morgan fingerprint density at radius 1 is 1.29 bits per heavy atom. The highest BCUT2D eigenvalue weighted by atomic mass is 35.5. The van der Waals surface area contributed by atoms with Crippen LogP contribution in [0.1, 0.15) is 24.0 Å². The molecule has 0 aliphatic heterocycles. The number of carboxylic acid groups (broad SMARTS) is 1. The van der Waals surface area contributed by atoms with E-state index >= 15 is 0 Å². The Balaban J connectivity index is 1.94. The number of hydrogen-bond donors (Lipinski definition) is 2. The summed E-state index contributed by atoms with van der Waals surface area (Å²) in [7, 11) is 1.82. The number of halogens is 2. The second kappa shape index (κ2) is 8.71. The van der Waals surface area contributed by atoms with Crippen LogP contribution in [0.2, 0.25) is 10.0 Å². The normalized spacial score (nSPS) is 11.0. The molecule has 0 saturated heterocycles. The van der Waals surface area contributed by atoms with Crippen molar-refractivity contribution >= 4 is 46.2 Å². The van der Waals surface area contributed by atoms with Crippen molar-refractivity contribution in [2.45, 2.75) is 26.3 Å². The molecule has 0 amide bonds. The van der Waals surface area contributed by atoms with Gasteiger partial charge in [-0.05, 0) is 42.7 Å². The maximum Gasteiger partial charge on any atom is 0.303 e. The molecule has 28 heavy (non-hydrogen) atoms. The van der Waals surface area contributed by atoms with Crippen molar-refractivity contribution in [3.8, 4) is 5.75 Å². The summed E-state index contributed by atoms with van der Waals surface area (Å²) in [6.45, 7) is 2.83. The van der Waals surface area contributed by atoms with Crippen molar-refractivity contribution in [2.24, 2.45) is 0 Å². The zero-order chi connectivity index (χ0) is 20.3. The van der Waals surface area contributed by atoms with Crippen LogP contribution in [0.5, 0.6) is 5.75 Å². The van der Waals surface area contributed by atoms with Gasteiger partial charge in [0, 0.05) is 29.6 Å². The van der Waals surface area contributed by atoms with Gasteiger partial charge in [0.1, 0.15) is 5.75 Å². The van der Waals surface area contributed by atoms with E-state index in [4.69, 9.17) is 33.0 Å². The molecule has 0 saturated carbocycles. The lowest BCUT2D eigenvalue weighted by Gasteiger charge is -2.12. The smallest absolute Gasteiger partial charge is 0.303 e. The van der Waals surface area contributed by atoms with Crippen molar-refractivity contribution in [3.63, 3.8) is 0 Å². The molecule has 3 rings (SSSR count). The zero-order valence-electron chi connectivity index (χ0n) is 15.6. The van der Waals surface area contributed by atoms with Crippen LogP contribution in [0.25, 0.3) is 11.0 Å². The largest absolute Gasteiger partial charge is 0.493 e. The molecule has 0 bridgehead atoms. The summed E-state index contributed by atoms with van der Waals surface area (Å²) in [4.78, 5) is 15.3. The van der Waals surface area contributed by atoms with Crippen LogP contribution in [-0.4, -0.2) is 34.3 Å². The Morgan fingerprint density at radius 3 is 2.75 bits per heavy atom. The maximum atomic E-state index is 10.6. The molecule has 1 heterocycles. The number of fused-ring (bicyclic) bond motifs is 1. The standard InChI is InChI=1S/C20H21Cl2N3O3/c1-12-8-15(28-7-3-4-18(26)27)10-17-19(12)24-20(23-2)25(17)11-13-5-6-14(21)9-16(13)22/h5-6,8-10H,3-4,7,11H2,1-2H3,(H,23,24)(H,26,27). The molecule has 6 nitrogen and oxygen atoms in total. The van der Waals surface area contributed by atoms with Gasteiger partial charge in [-0.3, -0.25) is 4.79 Å². The Labute approximate surface area is 173 Å². The molecule has 0 atom stereocenters. The molecule has 0 fully saturated rings. The van der Waals surface area contributed by atoms with Crippen LogP contribution in [0.4, 0.5) is 5.95 Å². The van der Waals surface area contributed by atoms with E-state index in [1.807, 2.05) is 42.8 Å². The average molecular weight is 422 g/mol. The Hall–Kier alpha value is -2.44. The van der Waals surface area contributed by atoms with Gasteiger partial charge in [-0.1, -0.05) is 29.3 Å². The molecule has 0 radical (unpaired) electrons. The summed E-state index contributed by atoms with van der Waals surface area (Å²) in [5.41, 5.74) is 3.67. The number of rotatable bonds is 8. The average Bonchev–Trinajstić information content (AvgIpc) is 2.99. The van der Waals surface area contributed by atoms with E-state index in [0.717, 1.165) is 22.2 Å². The van der Waals surface area contributed by atoms with Crippen LogP contribution in [-0.2, 0) is 11.3 Å². The summed E-state index contributed by atoms with van der Waals surface area (Å²) in [6.07, 6.45) is 0.534. The van der Waals surface area contributed by atoms with Crippen LogP contribution in [0, 0.1) is 6.92 Å². The summed E-state index contributed by atoms with van der Waals surface area (Å²) in [5.74, 6) is 0.570. The van der Waals surface area contributed by atoms with E-state index in [2.05, 4.69) is 10.3 Å². The van der Waals surface area contributed by atoms with Crippen molar-refractivity contribution in [1.82, 2.24) is 9.55 Å². The number of nitrogens with zero attached hydrogens (tertiary/aromatic N) is 2. The lowest BCUT2D eigenvalue weighted by Crippen LogP contribution is -2.06. The monoisotopic (exact) mass is 421 g/mol. The van der Waals surface area contributed by atoms with E-state index < -0.39 is 5.97 Å². The van der Waals surface area contributed by atoms with Gasteiger partial charge in [-0.25, -0.2) is 4.98 Å². The van der Waals surface area contributed by atoms with E-state index in [1.54, 1.807) is 6.07 Å². The fourth-order valence-corrected chi connectivity index (χ4v) is 3.50. The molecule has 2 N–H and O–H groups in total. The van der Waals surface area contributed by atoms with Gasteiger partial charge in [0.2, 0.25) is 5.95 Å². The van der Waals surface area contributed by atoms with Gasteiger partial charge in [0.25, 0.3) is 0 Å². The minimum absolute atomic E-state index is 0.0815. The predicted octanol–water partition coefficient (Wildman–Crippen LogP) is 4.99. The van der Waals surface area contributed by atoms with Gasteiger partial charge in [-0.15, -0.1) is 0 Å². The van der Waals surface area contributed by atoms with Gasteiger partial charge in [0.15, 0.2) is 0 Å². The fraction of sp³-hybridized carbons (Fsp3) is 0.300. The number of ether oxygens (including phenoxy) is 1. The number of benzene rings is 2. The summed E-state index contributed by atoms with van der Waals surface area (Å²) in [5, 5.41) is 13.1. The van der Waals surface area contributed by atoms with Crippen molar-refractivity contribution in [3.05, 3.63) is 51.5 Å². The first-order valence-electron chi connectivity index (χ1n) is 8.86. The number of anilines is 1. The van der Waals surface area contributed by atoms with Crippen LogP contribution in [0.3, 0.4) is 0 Å². The first-order valence-corrected chi connectivity index (χ1v) is 9.61. The van der Waals surface area contributed by atoms with Crippen molar-refractivity contribution in [1.29, 1.82) is 0 Å². The molecule has 0 aliphatic rings. The number of hydrogen-bond acceptors (Lipinski definition) is 4. The third-order valence-corrected chi connectivity index (χ3v) is 4.98. The number of carbonyl (C=O) groups is 1. The third-order valence-electron chi connectivity index (χ3n) is 4.39. The van der Waals surface area contributed by atoms with E-state index in [-0.39, 0.29) is 6.42 Å². The first kappa shape index (κ1) is 20.3. The van der Waals surface area contributed by atoms with Gasteiger partial charge < -0.3 is 19.7 Å². The Bertz CT molecular complexity index is 1020. The van der Waals surface area contributed by atoms with Crippen molar-refractivity contribution < 1.29 is 14.6 Å². The first-order chi connectivity index (χ1) is 13.4. The SMILES string of the molecule is CNc1nc2c(C)cc(OCCCC(=O)O)cc2n1Cc1ccc(Cl)cc1Cl. The van der Waals surface area contributed by atoms with Crippen molar-refractivity contribution in [2.75, 3.05) is 19.0 Å². The molecule has 3 aromatic rings. The molecule has 0 spiro atoms. The summed E-state index contributed by atoms with van der Waals surface area (Å²) < 4.78 is 7.79. The second-order valence-corrected chi connectivity index (χ2v) is 7.30. The van der Waals surface area contributed by atoms with E-state index in [0.29, 0.717) is 41.3 Å². The summed E-state index contributed by atoms with van der Waals surface area (Å²) >= 11 is 12.4. The maximum absolute atomic E-state index is 10.6. The highest BCUT2D eigenvalue weighted by Crippen LogP contribution is 2.30. The minimum atomic E-state index is -0.827. The fourth-order valence-electron chi connectivity index (χ4n) is 3.03. The number of carboxylic acids is 1. The highest BCUT2D eigenvalue weighted by molar-refractivity contribution is 6.35. The number of imidazole rings is 1. The van der Waals surface area contributed by atoms with Gasteiger partial charge in [0.05, 0.1) is 24.2 Å². The Kier molecular flexibility index (Phi) is 6.31. The quantitative estimate of drug-likeness (QED) is 0.501. The minimum Gasteiger partial charge on any atom is -0.493 e. The number of aromatic nitrogens is 2. The molecule has 2 aromatic carbocycles. The molecule has 1 aromatic heterocycles. The molecule has 0 unspecified atom stereocenters. The predicted molar refractivity (Wildman–Crippen MR) is 112 cm³/mol. The number of aliphatic carboxylic acids is 1. The molecule has 0 aliphatic carbocycles. The number of aryl methyl sites for hydroxylation is 1. The van der Waals surface area contributed by atoms with Gasteiger partial charge >= 0.3 is 5.97 Å². The number of nitrogens with one attached hydrogen (secondary N) is 1. The topological polar surface area (TPSA) is 76.4 Å². The Morgan fingerprint density at radius 2 is 2.07 bits per heavy atom.